The molecule has 19 heavy (non-hydrogen) atoms. The largest absolute Gasteiger partial charge is 0.504 e. The van der Waals surface area contributed by atoms with Gasteiger partial charge in [-0.1, -0.05) is 12.1 Å². The highest BCUT2D eigenvalue weighted by atomic mass is 16.5. The van der Waals surface area contributed by atoms with E-state index < -0.39 is 0 Å². The van der Waals surface area contributed by atoms with Gasteiger partial charge >= 0.3 is 0 Å². The summed E-state index contributed by atoms with van der Waals surface area (Å²) in [4.78, 5) is 2.28. The fourth-order valence-corrected chi connectivity index (χ4v) is 4.12. The molecule has 1 fully saturated rings. The van der Waals surface area contributed by atoms with E-state index in [1.807, 2.05) is 6.07 Å². The zero-order chi connectivity index (χ0) is 13.0. The highest BCUT2D eigenvalue weighted by Crippen LogP contribution is 2.58. The normalized spacial score (nSPS) is 31.9. The zero-order valence-corrected chi connectivity index (χ0v) is 11.2. The minimum atomic E-state index is 0.0266. The van der Waals surface area contributed by atoms with Crippen molar-refractivity contribution >= 4 is 0 Å². The number of rotatable bonds is 0. The van der Waals surface area contributed by atoms with E-state index in [1.54, 1.807) is 6.07 Å². The van der Waals surface area contributed by atoms with Crippen LogP contribution < -0.4 is 4.74 Å². The molecule has 1 spiro atoms. The first-order chi connectivity index (χ1) is 9.22. The summed E-state index contributed by atoms with van der Waals surface area (Å²) >= 11 is 0. The first-order valence-corrected chi connectivity index (χ1v) is 7.12. The molecule has 2 heterocycles. The second-order valence-electron chi connectivity index (χ2n) is 6.01. The summed E-state index contributed by atoms with van der Waals surface area (Å²) in [5.74, 6) is 1.02. The molecule has 1 aliphatic carbocycles. The Morgan fingerprint density at radius 1 is 1.42 bits per heavy atom. The van der Waals surface area contributed by atoms with Crippen molar-refractivity contribution in [1.29, 1.82) is 0 Å². The lowest BCUT2D eigenvalue weighted by atomic mass is 9.62. The van der Waals surface area contributed by atoms with Gasteiger partial charge in [0.2, 0.25) is 0 Å². The maximum absolute atomic E-state index is 10.1. The smallest absolute Gasteiger partial charge is 0.165 e. The van der Waals surface area contributed by atoms with Crippen molar-refractivity contribution in [3.63, 3.8) is 0 Å². The first kappa shape index (κ1) is 11.2. The molecule has 1 aromatic carbocycles. The topological polar surface area (TPSA) is 32.7 Å². The van der Waals surface area contributed by atoms with E-state index in [0.29, 0.717) is 5.75 Å². The Kier molecular flexibility index (Phi) is 2.17. The van der Waals surface area contributed by atoms with Gasteiger partial charge in [-0.3, -0.25) is 0 Å². The monoisotopic (exact) mass is 257 g/mol. The van der Waals surface area contributed by atoms with Gasteiger partial charge < -0.3 is 14.7 Å². The molecule has 2 aliphatic heterocycles. The summed E-state index contributed by atoms with van der Waals surface area (Å²) in [6, 6.07) is 5.81. The Hall–Kier alpha value is -1.64. The van der Waals surface area contributed by atoms with Gasteiger partial charge in [-0.2, -0.15) is 0 Å². The van der Waals surface area contributed by atoms with E-state index in [0.717, 1.165) is 31.6 Å². The average Bonchev–Trinajstić information content (AvgIpc) is 2.74. The van der Waals surface area contributed by atoms with Crippen LogP contribution in [-0.4, -0.2) is 29.7 Å². The van der Waals surface area contributed by atoms with Crippen LogP contribution in [0.4, 0.5) is 0 Å². The third kappa shape index (κ3) is 1.33. The first-order valence-electron chi connectivity index (χ1n) is 7.12. The zero-order valence-electron chi connectivity index (χ0n) is 11.2. The van der Waals surface area contributed by atoms with Gasteiger partial charge in [0, 0.05) is 19.2 Å². The van der Waals surface area contributed by atoms with E-state index in [4.69, 9.17) is 4.74 Å². The fourth-order valence-electron chi connectivity index (χ4n) is 4.12. The number of hydrogen-bond donors (Lipinski definition) is 1. The van der Waals surface area contributed by atoms with Gasteiger partial charge in [-0.15, -0.1) is 0 Å². The molecule has 0 bridgehead atoms. The van der Waals surface area contributed by atoms with Crippen molar-refractivity contribution in [2.75, 3.05) is 13.6 Å². The van der Waals surface area contributed by atoms with E-state index in [-0.39, 0.29) is 11.5 Å². The van der Waals surface area contributed by atoms with Crippen LogP contribution in [0.3, 0.4) is 0 Å². The molecular formula is C16H19NO2. The Labute approximate surface area is 113 Å². The van der Waals surface area contributed by atoms with E-state index in [1.165, 1.54) is 17.6 Å². The summed E-state index contributed by atoms with van der Waals surface area (Å²) in [7, 11) is 2.14. The van der Waals surface area contributed by atoms with Crippen LogP contribution in [0.1, 0.15) is 31.2 Å². The lowest BCUT2D eigenvalue weighted by Crippen LogP contribution is -2.47. The minimum Gasteiger partial charge on any atom is -0.504 e. The average molecular weight is 257 g/mol. The van der Waals surface area contributed by atoms with Gasteiger partial charge in [0.05, 0.1) is 5.41 Å². The number of nitrogens with zero attached hydrogens (tertiary/aromatic N) is 1. The van der Waals surface area contributed by atoms with E-state index in [9.17, 15) is 5.11 Å². The SMILES string of the molecule is CN1C=C2CCCC3Oc4c(O)cccc4C23CC1. The lowest BCUT2D eigenvalue weighted by Gasteiger charge is -2.45. The Balaban J connectivity index is 1.94. The van der Waals surface area contributed by atoms with Crippen molar-refractivity contribution in [3.05, 3.63) is 35.5 Å². The molecule has 3 aliphatic rings. The molecule has 1 saturated carbocycles. The molecule has 1 aromatic rings. The number of phenolic OH excluding ortho intramolecular Hbond substituents is 1. The second kappa shape index (κ2) is 3.69. The van der Waals surface area contributed by atoms with Gasteiger partial charge in [0.25, 0.3) is 0 Å². The van der Waals surface area contributed by atoms with Crippen molar-refractivity contribution < 1.29 is 9.84 Å². The van der Waals surface area contributed by atoms with Crippen molar-refractivity contribution in [1.82, 2.24) is 4.90 Å². The fraction of sp³-hybridized carbons (Fsp3) is 0.500. The van der Waals surface area contributed by atoms with Crippen LogP contribution in [0, 0.1) is 0 Å². The third-order valence-electron chi connectivity index (χ3n) is 5.01. The number of ether oxygens (including phenoxy) is 1. The van der Waals surface area contributed by atoms with Gasteiger partial charge in [-0.25, -0.2) is 0 Å². The quantitative estimate of drug-likeness (QED) is 0.775. The molecule has 3 nitrogen and oxygen atoms in total. The van der Waals surface area contributed by atoms with Gasteiger partial charge in [-0.05, 0) is 43.5 Å². The predicted molar refractivity (Wildman–Crippen MR) is 73.4 cm³/mol. The molecule has 0 saturated heterocycles. The number of phenols is 1. The summed E-state index contributed by atoms with van der Waals surface area (Å²) < 4.78 is 6.13. The van der Waals surface area contributed by atoms with E-state index in [2.05, 4.69) is 24.2 Å². The summed E-state index contributed by atoms with van der Waals surface area (Å²) in [6.45, 7) is 1.05. The maximum Gasteiger partial charge on any atom is 0.165 e. The number of aromatic hydroxyl groups is 1. The van der Waals surface area contributed by atoms with Crippen LogP contribution in [0.25, 0.3) is 0 Å². The molecule has 0 aromatic heterocycles. The summed E-state index contributed by atoms with van der Waals surface area (Å²) in [5.41, 5.74) is 2.72. The lowest BCUT2D eigenvalue weighted by molar-refractivity contribution is 0.111. The summed E-state index contributed by atoms with van der Waals surface area (Å²) in [5, 5.41) is 10.1. The Morgan fingerprint density at radius 2 is 2.32 bits per heavy atom. The van der Waals surface area contributed by atoms with Crippen molar-refractivity contribution in [2.45, 2.75) is 37.2 Å². The molecule has 3 heteroatoms. The molecule has 2 unspecified atom stereocenters. The van der Waals surface area contributed by atoms with Crippen molar-refractivity contribution in [3.8, 4) is 11.5 Å². The number of hydrogen-bond acceptors (Lipinski definition) is 3. The van der Waals surface area contributed by atoms with E-state index >= 15 is 0 Å². The number of fused-ring (bicyclic) bond motifs is 1. The van der Waals surface area contributed by atoms with Crippen LogP contribution in [-0.2, 0) is 5.41 Å². The highest BCUT2D eigenvalue weighted by molar-refractivity contribution is 5.58. The molecule has 4 rings (SSSR count). The Morgan fingerprint density at radius 3 is 3.21 bits per heavy atom. The van der Waals surface area contributed by atoms with Crippen LogP contribution in [0.5, 0.6) is 11.5 Å². The molecular weight excluding hydrogens is 238 g/mol. The predicted octanol–water partition coefficient (Wildman–Crippen LogP) is 2.79. The number of benzene rings is 1. The molecule has 0 radical (unpaired) electrons. The van der Waals surface area contributed by atoms with Gasteiger partial charge in [0.1, 0.15) is 6.10 Å². The highest BCUT2D eigenvalue weighted by Gasteiger charge is 2.54. The van der Waals surface area contributed by atoms with Crippen molar-refractivity contribution in [2.24, 2.45) is 0 Å². The third-order valence-corrected chi connectivity index (χ3v) is 5.01. The van der Waals surface area contributed by atoms with Crippen LogP contribution in [0.2, 0.25) is 0 Å². The molecule has 2 atom stereocenters. The summed E-state index contributed by atoms with van der Waals surface area (Å²) in [6.07, 6.45) is 7.04. The molecule has 1 N–H and O–H groups in total. The maximum atomic E-state index is 10.1. The van der Waals surface area contributed by atoms with Crippen LogP contribution in [0.15, 0.2) is 30.0 Å². The van der Waals surface area contributed by atoms with Crippen LogP contribution >= 0.6 is 0 Å². The number of para-hydroxylation sites is 1. The Bertz CT molecular complexity index is 566. The molecule has 100 valence electrons. The second-order valence-corrected chi connectivity index (χ2v) is 6.01. The minimum absolute atomic E-state index is 0.0266. The van der Waals surface area contributed by atoms with Gasteiger partial charge in [0.15, 0.2) is 11.5 Å². The molecule has 0 amide bonds. The standard InChI is InChI=1S/C16H19NO2/c1-17-9-8-16-11(10-17)4-2-7-14(16)19-15-12(16)5-3-6-13(15)18/h3,5-6,10,14,18H,2,4,7-9H2,1H3.